The van der Waals surface area contributed by atoms with Gasteiger partial charge in [-0.3, -0.25) is 37.3 Å². The van der Waals surface area contributed by atoms with Crippen LogP contribution in [-0.4, -0.2) is 96.7 Å². The van der Waals surface area contributed by atoms with Crippen LogP contribution in [0.25, 0.3) is 0 Å². The molecular weight excluding hydrogens is 1280 g/mol. The summed E-state index contributed by atoms with van der Waals surface area (Å²) in [5, 5.41) is 10.6. The Balaban J connectivity index is 5.38. The summed E-state index contributed by atoms with van der Waals surface area (Å²) >= 11 is 0. The minimum atomic E-state index is -5.00. The van der Waals surface area contributed by atoms with Gasteiger partial charge < -0.3 is 33.8 Å². The van der Waals surface area contributed by atoms with Crippen molar-refractivity contribution in [1.29, 1.82) is 0 Å². The number of carbonyl (C=O) groups excluding carboxylic acids is 4. The molecule has 0 aliphatic carbocycles. The van der Waals surface area contributed by atoms with Gasteiger partial charge in [-0.15, -0.1) is 0 Å². The SMILES string of the molecule is CC/C=C\C/C=C\C/C=C\C/C=C\C/C=C\CC(=O)OC(COC(=O)CCCCCCCC/C=C\C/C=C\C/C=C\C/C=C\CC)COP(=O)(O)OCC(O)COP(=O)(O)OCC(COC(=O)CCCCCCCCCCCCCCC)OC(=O)CCCCCCCCCCCCC. The lowest BCUT2D eigenvalue weighted by Crippen LogP contribution is -2.30. The second kappa shape index (κ2) is 71.1. The van der Waals surface area contributed by atoms with Crippen molar-refractivity contribution in [2.75, 3.05) is 39.6 Å². The Morgan fingerprint density at radius 1 is 0.306 bits per heavy atom. The fraction of sp³-hybridized carbons (Fsp3) is 0.722. The minimum Gasteiger partial charge on any atom is -0.462 e. The number of ether oxygens (including phenoxy) is 4. The topological polar surface area (TPSA) is 237 Å². The number of aliphatic hydroxyl groups is 1. The van der Waals surface area contributed by atoms with Crippen LogP contribution in [0, 0.1) is 0 Å². The van der Waals surface area contributed by atoms with E-state index in [2.05, 4.69) is 113 Å². The second-order valence-corrected chi connectivity index (χ2v) is 28.1. The highest BCUT2D eigenvalue weighted by Crippen LogP contribution is 2.45. The first-order valence-electron chi connectivity index (χ1n) is 38.1. The standard InChI is InChI=1S/C79H136O17P2/c1-5-9-13-17-21-25-29-32-34-35-36-37-39-41-45-48-52-56-60-64-77(82)90-70-75(96-79(84)66-62-58-54-50-46-42-38-33-30-26-22-18-14-10-6-2)72-94-98(87,88)92-68-73(80)67-91-97(85,86)93-71-74(95-78(83)65-61-57-53-49-43-28-24-20-16-12-8-4)69-89-76(81)63-59-55-51-47-44-40-31-27-23-19-15-11-7-3/h9-10,13-14,21-22,25-26,32-34,36-38,46,50,58,62,73-75,80H,5-8,11-12,15-20,23-24,27-31,35,39-45,47-49,51-57,59-61,63-72H2,1-4H3,(H,85,86)(H,87,88)/b13-9-,14-10-,25-21-,26-22-,34-32-,37-36-,38-33-,50-46-,62-58-. The first kappa shape index (κ1) is 93.7. The van der Waals surface area contributed by atoms with Crippen LogP contribution in [0.2, 0.25) is 0 Å². The summed E-state index contributed by atoms with van der Waals surface area (Å²) in [4.78, 5) is 72.7. The number of esters is 4. The van der Waals surface area contributed by atoms with E-state index in [0.717, 1.165) is 135 Å². The van der Waals surface area contributed by atoms with E-state index >= 15 is 0 Å². The molecule has 0 fully saturated rings. The Kier molecular flexibility index (Phi) is 68.0. The number of hydrogen-bond acceptors (Lipinski definition) is 15. The summed E-state index contributed by atoms with van der Waals surface area (Å²) in [5.41, 5.74) is 0. The van der Waals surface area contributed by atoms with E-state index in [-0.39, 0.29) is 25.7 Å². The van der Waals surface area contributed by atoms with Crippen molar-refractivity contribution in [2.24, 2.45) is 0 Å². The van der Waals surface area contributed by atoms with Crippen LogP contribution >= 0.6 is 15.6 Å². The fourth-order valence-electron chi connectivity index (χ4n) is 10.1. The lowest BCUT2D eigenvalue weighted by Gasteiger charge is -2.21. The van der Waals surface area contributed by atoms with E-state index in [1.807, 2.05) is 12.2 Å². The Bertz CT molecular complexity index is 2290. The van der Waals surface area contributed by atoms with Gasteiger partial charge in [0.25, 0.3) is 0 Å². The van der Waals surface area contributed by atoms with Crippen molar-refractivity contribution in [3.05, 3.63) is 109 Å². The number of rotatable bonds is 71. The molecule has 19 heteroatoms. The maximum Gasteiger partial charge on any atom is 0.472 e. The van der Waals surface area contributed by atoms with Crippen molar-refractivity contribution < 1.29 is 80.2 Å². The molecule has 0 aromatic carbocycles. The minimum absolute atomic E-state index is 0.0965. The van der Waals surface area contributed by atoms with Crippen LogP contribution in [-0.2, 0) is 65.4 Å². The normalized spacial score (nSPS) is 14.6. The largest absolute Gasteiger partial charge is 0.472 e. The summed E-state index contributed by atoms with van der Waals surface area (Å²) in [6, 6.07) is 0. The molecule has 0 spiro atoms. The molecule has 0 heterocycles. The third kappa shape index (κ3) is 70.2. The molecule has 0 bridgehead atoms. The van der Waals surface area contributed by atoms with Crippen LogP contribution in [0.4, 0.5) is 0 Å². The van der Waals surface area contributed by atoms with Gasteiger partial charge in [-0.1, -0.05) is 304 Å². The monoisotopic (exact) mass is 1420 g/mol. The van der Waals surface area contributed by atoms with Crippen LogP contribution in [0.1, 0.15) is 310 Å². The first-order valence-corrected chi connectivity index (χ1v) is 41.1. The molecule has 0 aromatic rings. The van der Waals surface area contributed by atoms with Crippen LogP contribution in [0.15, 0.2) is 109 Å². The molecule has 5 atom stereocenters. The lowest BCUT2D eigenvalue weighted by atomic mass is 10.0. The highest BCUT2D eigenvalue weighted by molar-refractivity contribution is 7.47. The molecule has 564 valence electrons. The number of carbonyl (C=O) groups is 4. The van der Waals surface area contributed by atoms with Gasteiger partial charge in [0.2, 0.25) is 0 Å². The highest BCUT2D eigenvalue weighted by atomic mass is 31.2. The third-order valence-corrected chi connectivity index (χ3v) is 17.7. The van der Waals surface area contributed by atoms with Gasteiger partial charge >= 0.3 is 39.5 Å². The number of aliphatic hydroxyl groups excluding tert-OH is 1. The van der Waals surface area contributed by atoms with Crippen molar-refractivity contribution in [1.82, 2.24) is 0 Å². The van der Waals surface area contributed by atoms with E-state index in [0.29, 0.717) is 25.7 Å². The first-order chi connectivity index (χ1) is 47.7. The van der Waals surface area contributed by atoms with Gasteiger partial charge in [0.05, 0.1) is 32.8 Å². The van der Waals surface area contributed by atoms with Crippen molar-refractivity contribution in [3.8, 4) is 0 Å². The molecule has 3 N–H and O–H groups in total. The maximum absolute atomic E-state index is 13.1. The van der Waals surface area contributed by atoms with Gasteiger partial charge in [0.1, 0.15) is 19.3 Å². The number of phosphoric ester groups is 2. The zero-order chi connectivity index (χ0) is 71.8. The zero-order valence-corrected chi connectivity index (χ0v) is 63.2. The van der Waals surface area contributed by atoms with E-state index in [9.17, 15) is 43.2 Å². The van der Waals surface area contributed by atoms with Crippen molar-refractivity contribution in [2.45, 2.75) is 329 Å². The van der Waals surface area contributed by atoms with Crippen molar-refractivity contribution in [3.63, 3.8) is 0 Å². The molecule has 0 saturated heterocycles. The number of allylic oxidation sites excluding steroid dienone is 17. The number of unbranched alkanes of at least 4 members (excludes halogenated alkanes) is 28. The zero-order valence-electron chi connectivity index (χ0n) is 61.4. The Morgan fingerprint density at radius 2 is 0.571 bits per heavy atom. The highest BCUT2D eigenvalue weighted by Gasteiger charge is 2.30. The Labute approximate surface area is 594 Å². The van der Waals surface area contributed by atoms with E-state index in [1.165, 1.54) is 96.3 Å². The molecule has 0 radical (unpaired) electrons. The van der Waals surface area contributed by atoms with Gasteiger partial charge in [-0.2, -0.15) is 0 Å². The van der Waals surface area contributed by atoms with E-state index in [4.69, 9.17) is 37.0 Å². The molecule has 0 saturated carbocycles. The van der Waals surface area contributed by atoms with Gasteiger partial charge in [-0.25, -0.2) is 9.13 Å². The molecule has 0 aliphatic rings. The number of hydrogen-bond donors (Lipinski definition) is 3. The molecule has 5 unspecified atom stereocenters. The van der Waals surface area contributed by atoms with Gasteiger partial charge in [-0.05, 0) is 89.9 Å². The molecule has 0 amide bonds. The maximum atomic E-state index is 13.1. The fourth-order valence-corrected chi connectivity index (χ4v) is 11.6. The molecule has 17 nitrogen and oxygen atoms in total. The summed E-state index contributed by atoms with van der Waals surface area (Å²) in [5.74, 6) is -2.33. The average molecular weight is 1420 g/mol. The molecule has 98 heavy (non-hydrogen) atoms. The van der Waals surface area contributed by atoms with Crippen LogP contribution in [0.5, 0.6) is 0 Å². The van der Waals surface area contributed by atoms with Crippen LogP contribution in [0.3, 0.4) is 0 Å². The van der Waals surface area contributed by atoms with E-state index < -0.39 is 97.5 Å². The van der Waals surface area contributed by atoms with Gasteiger partial charge in [0.15, 0.2) is 12.2 Å². The summed E-state index contributed by atoms with van der Waals surface area (Å²) < 4.78 is 68.3. The second-order valence-electron chi connectivity index (χ2n) is 25.2. The molecule has 0 aliphatic heterocycles. The molecular formula is C79H136O17P2. The van der Waals surface area contributed by atoms with Crippen LogP contribution < -0.4 is 0 Å². The number of phosphoric acid groups is 2. The average Bonchev–Trinajstić information content (AvgIpc) is 1.06. The quantitative estimate of drug-likeness (QED) is 0.0169. The molecule has 0 rings (SSSR count). The lowest BCUT2D eigenvalue weighted by molar-refractivity contribution is -0.161. The Hall–Kier alpha value is -4.28. The summed E-state index contributed by atoms with van der Waals surface area (Å²) in [6.07, 6.45) is 75.4. The summed E-state index contributed by atoms with van der Waals surface area (Å²) in [7, 11) is -9.97. The smallest absolute Gasteiger partial charge is 0.462 e. The van der Waals surface area contributed by atoms with Crippen molar-refractivity contribution >= 4 is 39.5 Å². The molecule has 0 aromatic heterocycles. The predicted octanol–water partition coefficient (Wildman–Crippen LogP) is 21.8. The third-order valence-electron chi connectivity index (χ3n) is 15.8. The summed E-state index contributed by atoms with van der Waals surface area (Å²) in [6.45, 7) is 4.53. The van der Waals surface area contributed by atoms with Gasteiger partial charge in [0, 0.05) is 19.3 Å². The van der Waals surface area contributed by atoms with E-state index in [1.54, 1.807) is 12.2 Å². The predicted molar refractivity (Wildman–Crippen MR) is 399 cm³/mol. The Morgan fingerprint density at radius 3 is 0.908 bits per heavy atom.